The summed E-state index contributed by atoms with van der Waals surface area (Å²) in [4.78, 5) is 28.2. The molecule has 0 spiro atoms. The van der Waals surface area contributed by atoms with Crippen LogP contribution in [0.4, 0.5) is 4.39 Å². The minimum Gasteiger partial charge on any atom is -0.334 e. The molecule has 0 aliphatic carbocycles. The third-order valence-corrected chi connectivity index (χ3v) is 5.98. The average molecular weight is 423 g/mol. The normalized spacial score (nSPS) is 17.7. The molecule has 6 nitrogen and oxygen atoms in total. The third-order valence-electron chi connectivity index (χ3n) is 5.98. The van der Waals surface area contributed by atoms with Crippen molar-refractivity contribution in [3.63, 3.8) is 0 Å². The van der Waals surface area contributed by atoms with Crippen LogP contribution in [0.25, 0.3) is 0 Å². The first kappa shape index (κ1) is 21.2. The lowest BCUT2D eigenvalue weighted by Crippen LogP contribution is -2.41. The number of hydrogen-bond donors (Lipinski definition) is 1. The molecule has 0 unspecified atom stereocenters. The van der Waals surface area contributed by atoms with E-state index in [2.05, 4.69) is 15.4 Å². The Morgan fingerprint density at radius 2 is 1.84 bits per heavy atom. The second-order valence-corrected chi connectivity index (χ2v) is 8.30. The Morgan fingerprint density at radius 1 is 1.13 bits per heavy atom. The summed E-state index contributed by atoms with van der Waals surface area (Å²) in [5.74, 6) is 0.0618. The number of carbonyl (C=O) groups is 2. The van der Waals surface area contributed by atoms with Gasteiger partial charge in [-0.3, -0.25) is 14.5 Å². The van der Waals surface area contributed by atoms with Crippen molar-refractivity contribution < 1.29 is 14.0 Å². The Bertz CT molecular complexity index is 981. The van der Waals surface area contributed by atoms with Crippen molar-refractivity contribution in [3.8, 4) is 0 Å². The molecule has 0 aromatic heterocycles. The number of piperidine rings is 1. The first-order valence-electron chi connectivity index (χ1n) is 10.7. The summed E-state index contributed by atoms with van der Waals surface area (Å²) < 4.78 is 13.3. The van der Waals surface area contributed by atoms with E-state index in [1.807, 2.05) is 29.2 Å². The van der Waals surface area contributed by atoms with Gasteiger partial charge in [0, 0.05) is 32.1 Å². The molecule has 4 rings (SSSR count). The standard InChI is InChI=1S/C24H27FN4O2/c1-17(30)26-27-23(19-6-8-21(25)9-7-19)16-28-12-10-18(11-13-28)14-29-15-20-4-2-3-5-22(20)24(29)31/h2-9,18H,10-16H2,1H3,(H,26,30)/b27-23-. The number of benzene rings is 2. The highest BCUT2D eigenvalue weighted by Crippen LogP contribution is 2.26. The van der Waals surface area contributed by atoms with Crippen LogP contribution >= 0.6 is 0 Å². The average Bonchev–Trinajstić information content (AvgIpc) is 3.08. The monoisotopic (exact) mass is 422 g/mol. The summed E-state index contributed by atoms with van der Waals surface area (Å²) in [6, 6.07) is 14.0. The van der Waals surface area contributed by atoms with Gasteiger partial charge in [-0.2, -0.15) is 5.10 Å². The second-order valence-electron chi connectivity index (χ2n) is 8.30. The van der Waals surface area contributed by atoms with Gasteiger partial charge in [-0.1, -0.05) is 30.3 Å². The van der Waals surface area contributed by atoms with E-state index in [0.717, 1.165) is 49.2 Å². The van der Waals surface area contributed by atoms with Crippen molar-refractivity contribution in [2.45, 2.75) is 26.3 Å². The molecule has 1 N–H and O–H groups in total. The fourth-order valence-electron chi connectivity index (χ4n) is 4.29. The van der Waals surface area contributed by atoms with Crippen LogP contribution in [0, 0.1) is 11.7 Å². The van der Waals surface area contributed by atoms with Crippen molar-refractivity contribution in [2.24, 2.45) is 11.0 Å². The van der Waals surface area contributed by atoms with E-state index in [0.29, 0.717) is 24.7 Å². The Balaban J connectivity index is 1.33. The number of hydrogen-bond acceptors (Lipinski definition) is 4. The van der Waals surface area contributed by atoms with Gasteiger partial charge in [-0.25, -0.2) is 9.82 Å². The Kier molecular flexibility index (Phi) is 6.42. The van der Waals surface area contributed by atoms with Crippen LogP contribution < -0.4 is 5.43 Å². The predicted molar refractivity (Wildman–Crippen MR) is 117 cm³/mol. The van der Waals surface area contributed by atoms with Gasteiger partial charge < -0.3 is 4.90 Å². The molecule has 0 radical (unpaired) electrons. The van der Waals surface area contributed by atoms with Gasteiger partial charge in [0.15, 0.2) is 0 Å². The van der Waals surface area contributed by atoms with Crippen molar-refractivity contribution in [2.75, 3.05) is 26.2 Å². The molecule has 2 heterocycles. The number of likely N-dealkylation sites (tertiary alicyclic amines) is 1. The maximum Gasteiger partial charge on any atom is 0.254 e. The van der Waals surface area contributed by atoms with E-state index in [-0.39, 0.29) is 17.6 Å². The molecule has 31 heavy (non-hydrogen) atoms. The lowest BCUT2D eigenvalue weighted by atomic mass is 9.95. The van der Waals surface area contributed by atoms with Crippen molar-refractivity contribution in [1.29, 1.82) is 0 Å². The first-order chi connectivity index (χ1) is 15.0. The molecule has 1 fully saturated rings. The number of hydrazone groups is 1. The highest BCUT2D eigenvalue weighted by Gasteiger charge is 2.30. The third kappa shape index (κ3) is 5.17. The van der Waals surface area contributed by atoms with E-state index >= 15 is 0 Å². The van der Waals surface area contributed by atoms with Crippen LogP contribution in [0.3, 0.4) is 0 Å². The fraction of sp³-hybridized carbons (Fsp3) is 0.375. The summed E-state index contributed by atoms with van der Waals surface area (Å²) >= 11 is 0. The number of carbonyl (C=O) groups excluding carboxylic acids is 2. The summed E-state index contributed by atoms with van der Waals surface area (Å²) in [6.45, 7) is 5.25. The van der Waals surface area contributed by atoms with Gasteiger partial charge in [0.2, 0.25) is 5.91 Å². The zero-order valence-corrected chi connectivity index (χ0v) is 17.7. The van der Waals surface area contributed by atoms with Gasteiger partial charge in [0.25, 0.3) is 5.91 Å². The van der Waals surface area contributed by atoms with Gasteiger partial charge in [0.1, 0.15) is 5.82 Å². The topological polar surface area (TPSA) is 65.0 Å². The second kappa shape index (κ2) is 9.39. The largest absolute Gasteiger partial charge is 0.334 e. The zero-order valence-electron chi connectivity index (χ0n) is 17.7. The summed E-state index contributed by atoms with van der Waals surface area (Å²) in [5, 5.41) is 4.25. The number of nitrogens with zero attached hydrogens (tertiary/aromatic N) is 3. The number of rotatable bonds is 6. The lowest BCUT2D eigenvalue weighted by molar-refractivity contribution is -0.118. The fourth-order valence-corrected chi connectivity index (χ4v) is 4.29. The molecule has 0 bridgehead atoms. The molecule has 2 aliphatic heterocycles. The molecule has 2 aliphatic rings. The van der Waals surface area contributed by atoms with Crippen LogP contribution in [0.5, 0.6) is 0 Å². The molecule has 7 heteroatoms. The lowest BCUT2D eigenvalue weighted by Gasteiger charge is -2.34. The number of nitrogens with one attached hydrogen (secondary N) is 1. The molecular weight excluding hydrogens is 395 g/mol. The molecule has 0 atom stereocenters. The van der Waals surface area contributed by atoms with E-state index in [4.69, 9.17) is 0 Å². The SMILES string of the molecule is CC(=O)N/N=C(/CN1CCC(CN2Cc3ccccc3C2=O)CC1)c1ccc(F)cc1. The zero-order chi connectivity index (χ0) is 21.8. The molecule has 162 valence electrons. The quantitative estimate of drug-likeness (QED) is 0.575. The number of halogens is 1. The van der Waals surface area contributed by atoms with Gasteiger partial charge in [-0.05, 0) is 61.2 Å². The van der Waals surface area contributed by atoms with Crippen molar-refractivity contribution in [3.05, 3.63) is 71.0 Å². The predicted octanol–water partition coefficient (Wildman–Crippen LogP) is 3.03. The minimum atomic E-state index is -0.304. The molecule has 2 aromatic carbocycles. The maximum atomic E-state index is 13.3. The van der Waals surface area contributed by atoms with E-state index in [1.54, 1.807) is 12.1 Å². The van der Waals surface area contributed by atoms with Gasteiger partial charge in [-0.15, -0.1) is 0 Å². The smallest absolute Gasteiger partial charge is 0.254 e. The van der Waals surface area contributed by atoms with Crippen molar-refractivity contribution in [1.82, 2.24) is 15.2 Å². The summed E-state index contributed by atoms with van der Waals surface area (Å²) in [6.07, 6.45) is 1.99. The van der Waals surface area contributed by atoms with Crippen LogP contribution in [0.1, 0.15) is 41.3 Å². The van der Waals surface area contributed by atoms with E-state index < -0.39 is 0 Å². The van der Waals surface area contributed by atoms with Crippen molar-refractivity contribution >= 4 is 17.5 Å². The Hall–Kier alpha value is -3.06. The molecule has 0 saturated carbocycles. The maximum absolute atomic E-state index is 13.3. The van der Waals surface area contributed by atoms with Gasteiger partial charge >= 0.3 is 0 Å². The summed E-state index contributed by atoms with van der Waals surface area (Å²) in [7, 11) is 0. The minimum absolute atomic E-state index is 0.138. The Morgan fingerprint density at radius 3 is 2.52 bits per heavy atom. The highest BCUT2D eigenvalue weighted by atomic mass is 19.1. The first-order valence-corrected chi connectivity index (χ1v) is 10.7. The van der Waals surface area contributed by atoms with Gasteiger partial charge in [0.05, 0.1) is 5.71 Å². The van der Waals surface area contributed by atoms with Crippen LogP contribution in [-0.4, -0.2) is 53.5 Å². The van der Waals surface area contributed by atoms with Crippen LogP contribution in [0.15, 0.2) is 53.6 Å². The Labute approximate surface area is 181 Å². The number of fused-ring (bicyclic) bond motifs is 1. The molecule has 2 amide bonds. The molecule has 1 saturated heterocycles. The summed E-state index contributed by atoms with van der Waals surface area (Å²) in [5.41, 5.74) is 5.95. The van der Waals surface area contributed by atoms with E-state index in [1.165, 1.54) is 19.1 Å². The van der Waals surface area contributed by atoms with Crippen LogP contribution in [0.2, 0.25) is 0 Å². The van der Waals surface area contributed by atoms with E-state index in [9.17, 15) is 14.0 Å². The highest BCUT2D eigenvalue weighted by molar-refractivity contribution is 6.02. The molecular formula is C24H27FN4O2. The molecule has 2 aromatic rings. The van der Waals surface area contributed by atoms with Crippen LogP contribution in [-0.2, 0) is 11.3 Å². The number of amides is 2.